The molecule has 498 valence electrons. The maximum atomic E-state index is 14.4. The van der Waals surface area contributed by atoms with Crippen molar-refractivity contribution in [2.45, 2.75) is 93.4 Å². The average molecular weight is 1380 g/mol. The lowest BCUT2D eigenvalue weighted by Gasteiger charge is -2.27. The molecule has 37 heteroatoms. The fraction of sp³-hybridized carbons (Fsp3) is 0.298. The summed E-state index contributed by atoms with van der Waals surface area (Å²) in [5.41, 5.74) is -16.5. The molecule has 23 nitrogen and oxygen atoms in total. The number of ether oxygens (including phenoxy) is 2. The summed E-state index contributed by atoms with van der Waals surface area (Å²) in [6.45, 7) is 4.17. The molecule has 2 aromatic carbocycles. The van der Waals surface area contributed by atoms with Gasteiger partial charge in [0.2, 0.25) is 5.88 Å². The Morgan fingerprint density at radius 3 is 1.49 bits per heavy atom. The lowest BCUT2D eigenvalue weighted by Crippen LogP contribution is -2.32. The zero-order valence-corrected chi connectivity index (χ0v) is 50.9. The van der Waals surface area contributed by atoms with Gasteiger partial charge in [-0.1, -0.05) is 72.5 Å². The van der Waals surface area contributed by atoms with Crippen molar-refractivity contribution >= 4 is 76.3 Å². The van der Waals surface area contributed by atoms with E-state index in [0.717, 1.165) is 23.4 Å². The highest BCUT2D eigenvalue weighted by atomic mass is 32.2. The Morgan fingerprint density at radius 2 is 1.04 bits per heavy atom. The number of anilines is 2. The van der Waals surface area contributed by atoms with Crippen LogP contribution >= 0.6 is 0 Å². The first-order chi connectivity index (χ1) is 44.2. The number of aromatic nitrogens is 8. The summed E-state index contributed by atoms with van der Waals surface area (Å²) in [6, 6.07) is 23.3. The minimum absolute atomic E-state index is 0.00317. The Balaban J connectivity index is 0.000000200. The Kier molecular flexibility index (Phi) is 21.3. The zero-order chi connectivity index (χ0) is 68.6. The second-order valence-corrected chi connectivity index (χ2v) is 25.3. The number of nitrogens with zero attached hydrogens (tertiary/aromatic N) is 10. The van der Waals surface area contributed by atoms with Crippen LogP contribution in [0, 0.1) is 35.8 Å². The van der Waals surface area contributed by atoms with Crippen molar-refractivity contribution < 1.29 is 96.8 Å². The van der Waals surface area contributed by atoms with Crippen molar-refractivity contribution in [2.75, 3.05) is 22.9 Å². The predicted octanol–water partition coefficient (Wildman–Crippen LogP) is 9.84. The van der Waals surface area contributed by atoms with Gasteiger partial charge < -0.3 is 34.1 Å². The van der Waals surface area contributed by atoms with E-state index in [-0.39, 0.29) is 68.5 Å². The van der Waals surface area contributed by atoms with Crippen LogP contribution in [0.1, 0.15) is 79.6 Å². The molecule has 0 spiro atoms. The highest BCUT2D eigenvalue weighted by Gasteiger charge is 2.51. The fourth-order valence-corrected chi connectivity index (χ4v) is 11.2. The molecule has 4 atom stereocenters. The summed E-state index contributed by atoms with van der Waals surface area (Å²) in [5.74, 6) is 5.43. The molecule has 0 saturated carbocycles. The second kappa shape index (κ2) is 28.5. The summed E-state index contributed by atoms with van der Waals surface area (Å²) in [6.07, 6.45) is 7.91. The summed E-state index contributed by atoms with van der Waals surface area (Å²) in [7, 11) is -17.8. The number of carbonyl (C=O) groups excluding carboxylic acids is 2. The first-order valence-corrected chi connectivity index (χ1v) is 31.6. The number of terminal acetylenes is 1. The average Bonchev–Trinajstić information content (AvgIpc) is 1.56. The molecule has 94 heavy (non-hydrogen) atoms. The third-order valence-corrected chi connectivity index (χ3v) is 17.3. The molecular weight excluding hydrogens is 1330 g/mol. The molecule has 2 amide bonds. The number of hydrogen-bond donors (Lipinski definition) is 2. The van der Waals surface area contributed by atoms with Crippen molar-refractivity contribution in [3.05, 3.63) is 162 Å². The number of nitrogens with one attached hydrogen (secondary N) is 2. The number of alkyl carbamates (subject to hydrolysis) is 2. The van der Waals surface area contributed by atoms with E-state index in [1.807, 2.05) is 60.7 Å². The van der Waals surface area contributed by atoms with E-state index in [1.54, 1.807) is 18.7 Å². The number of rotatable bonds is 14. The molecule has 0 bridgehead atoms. The van der Waals surface area contributed by atoms with E-state index >= 15 is 0 Å². The lowest BCUT2D eigenvalue weighted by molar-refractivity contribution is -0.0502. The van der Waals surface area contributed by atoms with Crippen LogP contribution in [-0.2, 0) is 52.9 Å². The van der Waals surface area contributed by atoms with Gasteiger partial charge in [-0.3, -0.25) is 0 Å². The SMILES string of the molecule is C#C[C@@H](C)NC(=O)OCc1ccccc1.C[C@H](C#Cc1ncc(F)cc1C1CCCN1c1ccc2ncn(S(=O)(=O)C(F)(F)F)c2n1)NC(=O)OCc1ccccc1.O=S(=O)(Oc1ncc(F)cc1C1CCCN1c1ccc2ncn(S(=O)(=O)C(F)(F)F)c2n1)C(F)(F)F. The van der Waals surface area contributed by atoms with Gasteiger partial charge in [-0.2, -0.15) is 64.8 Å². The molecule has 10 rings (SSSR count). The lowest BCUT2D eigenvalue weighted by atomic mass is 10.0. The van der Waals surface area contributed by atoms with Crippen LogP contribution in [0.15, 0.2) is 122 Å². The first-order valence-electron chi connectivity index (χ1n) is 27.3. The molecule has 8 aromatic rings. The van der Waals surface area contributed by atoms with Gasteiger partial charge in [0.1, 0.15) is 65.9 Å². The quantitative estimate of drug-likeness (QED) is 0.0443. The monoisotopic (exact) mass is 1380 g/mol. The number of hydrogen-bond acceptors (Lipinski definition) is 19. The molecule has 8 heterocycles. The van der Waals surface area contributed by atoms with E-state index < -0.39 is 111 Å². The second-order valence-electron chi connectivity index (χ2n) is 20.1. The number of alkyl halides is 9. The van der Waals surface area contributed by atoms with Gasteiger partial charge in [0, 0.05) is 24.2 Å². The molecule has 6 aromatic heterocycles. The van der Waals surface area contributed by atoms with Crippen molar-refractivity contribution in [1.82, 2.24) is 48.5 Å². The number of imidazole rings is 2. The van der Waals surface area contributed by atoms with Crippen LogP contribution in [0.4, 0.5) is 69.5 Å². The number of pyridine rings is 4. The number of carbonyl (C=O) groups is 2. The number of halogens is 11. The standard InChI is InChI=1S/C28H24F4N6O4S.C17H12F7N5O5S2.C12H13NO2/c1-18(35-27(39)42-16-19-6-3-2-4-7-19)9-10-22-21(14-20(29)15-33-22)24-8-5-13-37(24)25-12-11-23-26(36-25)38(17-34-23)43(40,41)28(30,31)32;18-9-6-10(15(25-7-9)34-36(32,33)17(22,23)24)12-2-1-5-28(12)13-4-3-11-14(27-13)29(8-26-11)35(30,31)16(19,20)21;1-3-10(2)13-12(14)15-9-11-7-5-4-6-8-11/h2-4,6-7,11-12,14-15,17-18,24H,5,8,13,16H2,1H3,(H,35,39);3-4,6-8,12H,1-2,5H2;1,4-8,10H,9H2,2H3,(H,13,14)/t18-,24?;;10-/m1.1/s1. The van der Waals surface area contributed by atoms with E-state index in [0.29, 0.717) is 56.3 Å². The molecule has 2 unspecified atom stereocenters. The Labute approximate surface area is 527 Å². The molecule has 2 aliphatic heterocycles. The van der Waals surface area contributed by atoms with Crippen LogP contribution in [0.5, 0.6) is 5.88 Å². The van der Waals surface area contributed by atoms with Gasteiger partial charge in [-0.15, -0.1) is 6.42 Å². The maximum absolute atomic E-state index is 14.4. The fourth-order valence-electron chi connectivity index (χ4n) is 9.20. The van der Waals surface area contributed by atoms with Crippen LogP contribution < -0.4 is 24.6 Å². The maximum Gasteiger partial charge on any atom is 0.534 e. The van der Waals surface area contributed by atoms with Crippen molar-refractivity contribution in [2.24, 2.45) is 0 Å². The minimum Gasteiger partial charge on any atom is -0.445 e. The smallest absolute Gasteiger partial charge is 0.445 e. The summed E-state index contributed by atoms with van der Waals surface area (Å²) in [5, 5.41) is 5.11. The van der Waals surface area contributed by atoms with E-state index in [1.165, 1.54) is 29.2 Å². The Bertz CT molecular complexity index is 4530. The van der Waals surface area contributed by atoms with Crippen molar-refractivity contribution in [1.29, 1.82) is 0 Å². The van der Waals surface area contributed by atoms with E-state index in [4.69, 9.17) is 15.9 Å². The van der Waals surface area contributed by atoms with Gasteiger partial charge in [-0.25, -0.2) is 56.2 Å². The first kappa shape index (κ1) is 70.0. The summed E-state index contributed by atoms with van der Waals surface area (Å²) >= 11 is 0. The van der Waals surface area contributed by atoms with E-state index in [2.05, 4.69) is 62.5 Å². The normalized spacial score (nSPS) is 15.9. The van der Waals surface area contributed by atoms with E-state index in [9.17, 15) is 83.1 Å². The van der Waals surface area contributed by atoms with Gasteiger partial charge in [-0.05, 0) is 93.0 Å². The predicted molar refractivity (Wildman–Crippen MR) is 313 cm³/mol. The number of fused-ring (bicyclic) bond motifs is 2. The molecule has 2 N–H and O–H groups in total. The van der Waals surface area contributed by atoms with Gasteiger partial charge in [0.25, 0.3) is 0 Å². The Hall–Kier alpha value is -9.88. The highest BCUT2D eigenvalue weighted by Crippen LogP contribution is 2.42. The minimum atomic E-state index is -6.16. The third kappa shape index (κ3) is 16.5. The largest absolute Gasteiger partial charge is 0.534 e. The molecule has 2 saturated heterocycles. The zero-order valence-electron chi connectivity index (χ0n) is 48.4. The number of amides is 2. The van der Waals surface area contributed by atoms with Gasteiger partial charge in [0.15, 0.2) is 11.3 Å². The molecule has 0 radical (unpaired) electrons. The van der Waals surface area contributed by atoms with Gasteiger partial charge in [0.05, 0.1) is 36.6 Å². The molecular formula is C57H49F11N12O11S3. The molecule has 0 aliphatic carbocycles. The molecule has 2 aliphatic rings. The molecule has 2 fully saturated rings. The summed E-state index contributed by atoms with van der Waals surface area (Å²) < 4.78 is 231. The van der Waals surface area contributed by atoms with Crippen molar-refractivity contribution in [3.8, 4) is 30.1 Å². The topological polar surface area (TPSA) is 282 Å². The summed E-state index contributed by atoms with van der Waals surface area (Å²) in [4.78, 5) is 49.3. The van der Waals surface area contributed by atoms with Crippen LogP contribution in [0.3, 0.4) is 0 Å². The van der Waals surface area contributed by atoms with Crippen LogP contribution in [0.25, 0.3) is 22.3 Å². The highest BCUT2D eigenvalue weighted by molar-refractivity contribution is 7.91. The van der Waals surface area contributed by atoms with Crippen LogP contribution in [-0.4, -0.2) is 117 Å². The van der Waals surface area contributed by atoms with Crippen LogP contribution in [0.2, 0.25) is 0 Å². The van der Waals surface area contributed by atoms with Gasteiger partial charge >= 0.3 is 58.9 Å². The Morgan fingerprint density at radius 1 is 0.606 bits per heavy atom. The number of benzene rings is 2. The third-order valence-electron chi connectivity index (χ3n) is 13.6. The van der Waals surface area contributed by atoms with Crippen molar-refractivity contribution in [3.63, 3.8) is 0 Å².